The molecular weight excluding hydrogens is 498 g/mol. The maximum absolute atomic E-state index is 14.0. The molecule has 2 aromatic carbocycles. The van der Waals surface area contributed by atoms with Crippen LogP contribution in [-0.2, 0) is 19.1 Å². The van der Waals surface area contributed by atoms with E-state index in [0.717, 1.165) is 16.8 Å². The Morgan fingerprint density at radius 3 is 2.41 bits per heavy atom. The van der Waals surface area contributed by atoms with Crippen molar-refractivity contribution in [3.63, 3.8) is 0 Å². The first-order valence-corrected chi connectivity index (χ1v) is 13.2. The Labute approximate surface area is 229 Å². The number of ketones is 1. The van der Waals surface area contributed by atoms with Gasteiger partial charge in [-0.05, 0) is 56.9 Å². The molecule has 0 saturated heterocycles. The lowest BCUT2D eigenvalue weighted by atomic mass is 9.71. The van der Waals surface area contributed by atoms with E-state index in [1.165, 1.54) is 0 Å². The standard InChI is InChI=1S/C31H37NO7/c1-18(2)39-25-10-8-7-9-22(25)29-28(31(34)38-14-13-35-4)19(3)32-23-15-21(16-24(33)30(23)29)20-11-12-26(36-5)27(17-20)37-6/h7-12,17-18,21,29,32H,13-16H2,1-6H3. The summed E-state index contributed by atoms with van der Waals surface area (Å²) in [6, 6.07) is 13.3. The van der Waals surface area contributed by atoms with Crippen molar-refractivity contribution in [1.29, 1.82) is 0 Å². The summed E-state index contributed by atoms with van der Waals surface area (Å²) in [6.45, 7) is 6.14. The zero-order valence-electron chi connectivity index (χ0n) is 23.5. The van der Waals surface area contributed by atoms with Gasteiger partial charge in [0, 0.05) is 36.1 Å². The number of hydrogen-bond acceptors (Lipinski definition) is 8. The van der Waals surface area contributed by atoms with Crippen LogP contribution in [0.4, 0.5) is 0 Å². The van der Waals surface area contributed by atoms with Crippen LogP contribution >= 0.6 is 0 Å². The minimum atomic E-state index is -0.620. The van der Waals surface area contributed by atoms with Gasteiger partial charge in [-0.25, -0.2) is 4.79 Å². The van der Waals surface area contributed by atoms with E-state index in [9.17, 15) is 9.59 Å². The third kappa shape index (κ3) is 5.96. The van der Waals surface area contributed by atoms with Crippen LogP contribution < -0.4 is 19.5 Å². The fraction of sp³-hybridized carbons (Fsp3) is 0.419. The number of carbonyl (C=O) groups excluding carboxylic acids is 2. The zero-order valence-corrected chi connectivity index (χ0v) is 23.5. The van der Waals surface area contributed by atoms with E-state index < -0.39 is 11.9 Å². The lowest BCUT2D eigenvalue weighted by Gasteiger charge is -2.37. The molecule has 0 spiro atoms. The van der Waals surface area contributed by atoms with E-state index in [-0.39, 0.29) is 31.0 Å². The molecule has 0 aromatic heterocycles. The predicted octanol–water partition coefficient (Wildman–Crippen LogP) is 5.04. The summed E-state index contributed by atoms with van der Waals surface area (Å²) in [4.78, 5) is 27.4. The molecular formula is C31H37NO7. The van der Waals surface area contributed by atoms with Gasteiger partial charge in [0.05, 0.1) is 38.4 Å². The number of benzene rings is 2. The number of methoxy groups -OCH3 is 3. The van der Waals surface area contributed by atoms with Crippen LogP contribution in [0.3, 0.4) is 0 Å². The second-order valence-electron chi connectivity index (χ2n) is 9.96. The lowest BCUT2D eigenvalue weighted by molar-refractivity contribution is -0.140. The first-order chi connectivity index (χ1) is 18.8. The fourth-order valence-corrected chi connectivity index (χ4v) is 5.34. The molecule has 2 unspecified atom stereocenters. The monoisotopic (exact) mass is 535 g/mol. The van der Waals surface area contributed by atoms with Gasteiger partial charge in [-0.1, -0.05) is 24.3 Å². The summed E-state index contributed by atoms with van der Waals surface area (Å²) in [5, 5.41) is 3.39. The number of dihydropyridines is 1. The maximum atomic E-state index is 14.0. The summed E-state index contributed by atoms with van der Waals surface area (Å²) in [5.41, 5.74) is 4.19. The highest BCUT2D eigenvalue weighted by atomic mass is 16.6. The van der Waals surface area contributed by atoms with Crippen LogP contribution in [0.1, 0.15) is 56.6 Å². The lowest BCUT2D eigenvalue weighted by Crippen LogP contribution is -2.36. The quantitative estimate of drug-likeness (QED) is 0.334. The van der Waals surface area contributed by atoms with E-state index in [0.29, 0.717) is 46.9 Å². The van der Waals surface area contributed by atoms with Crippen molar-refractivity contribution in [2.75, 3.05) is 34.5 Å². The van der Waals surface area contributed by atoms with Gasteiger partial charge >= 0.3 is 5.97 Å². The van der Waals surface area contributed by atoms with Gasteiger partial charge < -0.3 is 29.0 Å². The highest BCUT2D eigenvalue weighted by Gasteiger charge is 2.42. The number of hydrogen-bond donors (Lipinski definition) is 1. The molecule has 0 fully saturated rings. The number of para-hydroxylation sites is 1. The van der Waals surface area contributed by atoms with Gasteiger partial charge in [-0.2, -0.15) is 0 Å². The third-order valence-electron chi connectivity index (χ3n) is 7.04. The van der Waals surface area contributed by atoms with Gasteiger partial charge in [-0.15, -0.1) is 0 Å². The predicted molar refractivity (Wildman–Crippen MR) is 147 cm³/mol. The van der Waals surface area contributed by atoms with Gasteiger partial charge in [0.1, 0.15) is 12.4 Å². The summed E-state index contributed by atoms with van der Waals surface area (Å²) < 4.78 is 27.6. The molecule has 2 aromatic rings. The molecule has 0 bridgehead atoms. The molecule has 0 amide bonds. The van der Waals surface area contributed by atoms with E-state index in [4.69, 9.17) is 23.7 Å². The topological polar surface area (TPSA) is 92.3 Å². The number of Topliss-reactive ketones (excluding diaryl/α,β-unsaturated/α-hetero) is 1. The third-order valence-corrected chi connectivity index (χ3v) is 7.04. The second-order valence-corrected chi connectivity index (χ2v) is 9.96. The number of allylic oxidation sites excluding steroid dienone is 3. The van der Waals surface area contributed by atoms with Crippen molar-refractivity contribution >= 4 is 11.8 Å². The van der Waals surface area contributed by atoms with Gasteiger partial charge in [-0.3, -0.25) is 4.79 Å². The van der Waals surface area contributed by atoms with Gasteiger partial charge in [0.25, 0.3) is 0 Å². The molecule has 2 aliphatic rings. The molecule has 1 heterocycles. The number of ether oxygens (including phenoxy) is 5. The molecule has 8 heteroatoms. The normalized spacial score (nSPS) is 19.0. The van der Waals surface area contributed by atoms with Crippen molar-refractivity contribution in [1.82, 2.24) is 5.32 Å². The molecule has 1 aliphatic carbocycles. The summed E-state index contributed by atoms with van der Waals surface area (Å²) in [6.07, 6.45) is 0.814. The summed E-state index contributed by atoms with van der Waals surface area (Å²) >= 11 is 0. The molecule has 4 rings (SSSR count). The van der Waals surface area contributed by atoms with Crippen molar-refractivity contribution in [3.8, 4) is 17.2 Å². The number of rotatable bonds is 10. The van der Waals surface area contributed by atoms with Crippen LogP contribution in [0.15, 0.2) is 65.0 Å². The fourth-order valence-electron chi connectivity index (χ4n) is 5.34. The van der Waals surface area contributed by atoms with E-state index in [1.54, 1.807) is 21.3 Å². The average molecular weight is 536 g/mol. The minimum Gasteiger partial charge on any atom is -0.493 e. The number of carbonyl (C=O) groups is 2. The first kappa shape index (κ1) is 28.2. The number of nitrogens with one attached hydrogen (secondary N) is 1. The maximum Gasteiger partial charge on any atom is 0.336 e. The Morgan fingerprint density at radius 1 is 0.974 bits per heavy atom. The molecule has 208 valence electrons. The highest BCUT2D eigenvalue weighted by Crippen LogP contribution is 2.48. The Kier molecular flexibility index (Phi) is 8.97. The van der Waals surface area contributed by atoms with Gasteiger partial charge in [0.15, 0.2) is 17.3 Å². The van der Waals surface area contributed by atoms with Crippen LogP contribution in [-0.4, -0.2) is 52.4 Å². The van der Waals surface area contributed by atoms with Gasteiger partial charge in [0.2, 0.25) is 0 Å². The highest BCUT2D eigenvalue weighted by molar-refractivity contribution is 6.04. The van der Waals surface area contributed by atoms with Crippen molar-refractivity contribution in [2.45, 2.75) is 51.6 Å². The Morgan fingerprint density at radius 2 is 1.72 bits per heavy atom. The first-order valence-electron chi connectivity index (χ1n) is 13.2. The van der Waals surface area contributed by atoms with Crippen LogP contribution in [0.2, 0.25) is 0 Å². The van der Waals surface area contributed by atoms with Crippen molar-refractivity contribution in [3.05, 3.63) is 76.1 Å². The Hall–Kier alpha value is -3.78. The molecule has 8 nitrogen and oxygen atoms in total. The summed E-state index contributed by atoms with van der Waals surface area (Å²) in [7, 11) is 4.74. The minimum absolute atomic E-state index is 0.0254. The summed E-state index contributed by atoms with van der Waals surface area (Å²) in [5.74, 6) is 0.700. The molecule has 1 N–H and O–H groups in total. The van der Waals surface area contributed by atoms with Crippen molar-refractivity contribution in [2.24, 2.45) is 0 Å². The zero-order chi connectivity index (χ0) is 28.1. The number of esters is 1. The Balaban J connectivity index is 1.79. The van der Waals surface area contributed by atoms with Crippen LogP contribution in [0.25, 0.3) is 0 Å². The largest absolute Gasteiger partial charge is 0.493 e. The van der Waals surface area contributed by atoms with Crippen LogP contribution in [0.5, 0.6) is 17.2 Å². The van der Waals surface area contributed by atoms with E-state index >= 15 is 0 Å². The molecule has 39 heavy (non-hydrogen) atoms. The molecule has 0 saturated carbocycles. The van der Waals surface area contributed by atoms with E-state index in [2.05, 4.69) is 5.32 Å². The van der Waals surface area contributed by atoms with E-state index in [1.807, 2.05) is 63.2 Å². The smallest absolute Gasteiger partial charge is 0.336 e. The Bertz CT molecular complexity index is 1290. The second kappa shape index (κ2) is 12.4. The molecule has 1 aliphatic heterocycles. The SMILES string of the molecule is COCCOC(=O)C1=C(C)NC2=C(C(=O)CC(c3ccc(OC)c(OC)c3)C2)C1c1ccccc1OC(C)C. The molecule has 2 atom stereocenters. The average Bonchev–Trinajstić information content (AvgIpc) is 2.91. The van der Waals surface area contributed by atoms with Crippen molar-refractivity contribution < 1.29 is 33.3 Å². The molecule has 0 radical (unpaired) electrons. The van der Waals surface area contributed by atoms with Crippen LogP contribution in [0, 0.1) is 0 Å².